The molecule has 0 unspecified atom stereocenters. The third kappa shape index (κ3) is 3.85. The van der Waals surface area contributed by atoms with Crippen LogP contribution in [0.25, 0.3) is 11.0 Å². The largest absolute Gasteiger partial charge is 0.464 e. The van der Waals surface area contributed by atoms with E-state index in [0.29, 0.717) is 11.5 Å². The van der Waals surface area contributed by atoms with Gasteiger partial charge in [-0.05, 0) is 57.8 Å². The van der Waals surface area contributed by atoms with Crippen molar-refractivity contribution >= 4 is 21.0 Å². The maximum absolute atomic E-state index is 12.7. The molecule has 8 heteroatoms. The number of benzene rings is 1. The van der Waals surface area contributed by atoms with E-state index in [4.69, 9.17) is 8.94 Å². The molecule has 0 spiro atoms. The Balaban J connectivity index is 1.31. The van der Waals surface area contributed by atoms with Crippen LogP contribution < -0.4 is 4.72 Å². The summed E-state index contributed by atoms with van der Waals surface area (Å²) in [7, 11) is -3.60. The number of nitrogens with one attached hydrogen (secondary N) is 1. The van der Waals surface area contributed by atoms with Crippen molar-refractivity contribution in [3.05, 3.63) is 47.5 Å². The molecule has 3 aromatic rings. The van der Waals surface area contributed by atoms with Gasteiger partial charge in [0.1, 0.15) is 16.2 Å². The monoisotopic (exact) mass is 403 g/mol. The molecule has 1 aliphatic heterocycles. The number of fused-ring (bicyclic) bond motifs is 1. The molecule has 0 atom stereocenters. The Labute approximate surface area is 164 Å². The van der Waals surface area contributed by atoms with Crippen LogP contribution >= 0.6 is 0 Å². The normalized spacial score (nSPS) is 16.8. The molecule has 3 heterocycles. The number of para-hydroxylation sites is 1. The molecule has 28 heavy (non-hydrogen) atoms. The number of likely N-dealkylation sites (tertiary alicyclic amines) is 1. The smallest absolute Gasteiger partial charge is 0.246 e. The van der Waals surface area contributed by atoms with Crippen LogP contribution in [0.4, 0.5) is 0 Å². The first-order valence-electron chi connectivity index (χ1n) is 9.57. The summed E-state index contributed by atoms with van der Waals surface area (Å²) >= 11 is 0. The fourth-order valence-electron chi connectivity index (χ4n) is 3.92. The summed E-state index contributed by atoms with van der Waals surface area (Å²) in [6.45, 7) is 5.94. The van der Waals surface area contributed by atoms with Crippen molar-refractivity contribution in [1.29, 1.82) is 0 Å². The first-order valence-corrected chi connectivity index (χ1v) is 11.0. The van der Waals surface area contributed by atoms with E-state index < -0.39 is 10.0 Å². The summed E-state index contributed by atoms with van der Waals surface area (Å²) in [5.74, 6) is 0.328. The predicted octanol–water partition coefficient (Wildman–Crippen LogP) is 3.02. The van der Waals surface area contributed by atoms with E-state index in [-0.39, 0.29) is 10.9 Å². The van der Waals surface area contributed by atoms with Gasteiger partial charge in [0.2, 0.25) is 10.0 Å². The molecule has 1 aromatic carbocycles. The first kappa shape index (κ1) is 19.2. The van der Waals surface area contributed by atoms with Gasteiger partial charge in [-0.15, -0.1) is 0 Å². The zero-order valence-electron chi connectivity index (χ0n) is 16.1. The number of piperidine rings is 1. The standard InChI is InChI=1S/C20H25N3O4S/c1-14-20(15(2)27-21-14)28(24,25)22-17-8-11-23(12-9-17)10-7-16-13-26-19-6-4-3-5-18(16)19/h3-6,13,17,22H,7-12H2,1-2H3. The minimum absolute atomic E-state index is 0.0651. The maximum atomic E-state index is 12.7. The van der Waals surface area contributed by atoms with Crippen LogP contribution in [0, 0.1) is 13.8 Å². The van der Waals surface area contributed by atoms with Crippen LogP contribution in [0.2, 0.25) is 0 Å². The highest BCUT2D eigenvalue weighted by Gasteiger charge is 2.29. The van der Waals surface area contributed by atoms with Crippen molar-refractivity contribution in [3.8, 4) is 0 Å². The number of aromatic nitrogens is 1. The number of sulfonamides is 1. The van der Waals surface area contributed by atoms with E-state index in [2.05, 4.69) is 20.8 Å². The van der Waals surface area contributed by atoms with Gasteiger partial charge in [0.05, 0.1) is 6.26 Å². The molecule has 2 aromatic heterocycles. The number of rotatable bonds is 6. The second-order valence-corrected chi connectivity index (χ2v) is 9.05. The van der Waals surface area contributed by atoms with E-state index in [9.17, 15) is 8.42 Å². The average Bonchev–Trinajstić information content (AvgIpc) is 3.24. The Morgan fingerprint density at radius 1 is 1.21 bits per heavy atom. The molecule has 150 valence electrons. The van der Waals surface area contributed by atoms with Crippen LogP contribution in [0.15, 0.2) is 44.4 Å². The molecule has 1 aliphatic rings. The zero-order valence-corrected chi connectivity index (χ0v) is 17.0. The Hall–Kier alpha value is -2.16. The molecule has 0 aliphatic carbocycles. The SMILES string of the molecule is Cc1noc(C)c1S(=O)(=O)NC1CCN(CCc2coc3ccccc23)CC1. The lowest BCUT2D eigenvalue weighted by Crippen LogP contribution is -2.45. The van der Waals surface area contributed by atoms with Crippen LogP contribution in [0.3, 0.4) is 0 Å². The quantitative estimate of drug-likeness (QED) is 0.681. The van der Waals surface area contributed by atoms with Gasteiger partial charge in [-0.25, -0.2) is 13.1 Å². The molecule has 0 radical (unpaired) electrons. The van der Waals surface area contributed by atoms with Gasteiger partial charge < -0.3 is 13.8 Å². The lowest BCUT2D eigenvalue weighted by Gasteiger charge is -2.32. The van der Waals surface area contributed by atoms with Gasteiger partial charge >= 0.3 is 0 Å². The Morgan fingerprint density at radius 2 is 1.96 bits per heavy atom. The Kier molecular flexibility index (Phi) is 5.27. The minimum atomic E-state index is -3.60. The summed E-state index contributed by atoms with van der Waals surface area (Å²) in [4.78, 5) is 2.55. The summed E-state index contributed by atoms with van der Waals surface area (Å²) < 4.78 is 38.7. The summed E-state index contributed by atoms with van der Waals surface area (Å²) in [5.41, 5.74) is 2.54. The number of hydrogen-bond donors (Lipinski definition) is 1. The van der Waals surface area contributed by atoms with Gasteiger partial charge in [-0.2, -0.15) is 0 Å². The fourth-order valence-corrected chi connectivity index (χ4v) is 5.55. The Bertz CT molecular complexity index is 1040. The van der Waals surface area contributed by atoms with Crippen LogP contribution in [-0.4, -0.2) is 44.2 Å². The molecule has 0 amide bonds. The van der Waals surface area contributed by atoms with Crippen LogP contribution in [0.1, 0.15) is 29.9 Å². The second kappa shape index (κ2) is 7.69. The molecule has 4 rings (SSSR count). The molecule has 1 saturated heterocycles. The fraction of sp³-hybridized carbons (Fsp3) is 0.450. The molecule has 7 nitrogen and oxygen atoms in total. The minimum Gasteiger partial charge on any atom is -0.464 e. The topological polar surface area (TPSA) is 88.6 Å². The molecule has 1 N–H and O–H groups in total. The predicted molar refractivity (Wildman–Crippen MR) is 106 cm³/mol. The second-order valence-electron chi connectivity index (χ2n) is 7.40. The number of aryl methyl sites for hydroxylation is 2. The number of nitrogens with zero attached hydrogens (tertiary/aromatic N) is 2. The van der Waals surface area contributed by atoms with Gasteiger partial charge in [0, 0.05) is 18.0 Å². The van der Waals surface area contributed by atoms with Crippen molar-refractivity contribution in [2.75, 3.05) is 19.6 Å². The molecular formula is C20H25N3O4S. The van der Waals surface area contributed by atoms with E-state index in [1.807, 2.05) is 24.5 Å². The maximum Gasteiger partial charge on any atom is 0.246 e. The summed E-state index contributed by atoms with van der Waals surface area (Å²) in [5, 5.41) is 4.92. The van der Waals surface area contributed by atoms with Gasteiger partial charge in [-0.1, -0.05) is 23.4 Å². The van der Waals surface area contributed by atoms with Crippen molar-refractivity contribution in [2.45, 2.75) is 44.0 Å². The molecular weight excluding hydrogens is 378 g/mol. The van der Waals surface area contributed by atoms with Crippen molar-refractivity contribution in [2.24, 2.45) is 0 Å². The van der Waals surface area contributed by atoms with E-state index in [0.717, 1.165) is 44.5 Å². The third-order valence-corrected chi connectivity index (χ3v) is 7.17. The first-order chi connectivity index (χ1) is 13.4. The lowest BCUT2D eigenvalue weighted by molar-refractivity contribution is 0.209. The van der Waals surface area contributed by atoms with Gasteiger partial charge in [0.15, 0.2) is 5.76 Å². The molecule has 0 saturated carbocycles. The average molecular weight is 404 g/mol. The van der Waals surface area contributed by atoms with Crippen molar-refractivity contribution in [3.63, 3.8) is 0 Å². The molecule has 0 bridgehead atoms. The van der Waals surface area contributed by atoms with Crippen LogP contribution in [0.5, 0.6) is 0 Å². The third-order valence-electron chi connectivity index (χ3n) is 5.40. The van der Waals surface area contributed by atoms with E-state index >= 15 is 0 Å². The highest BCUT2D eigenvalue weighted by atomic mass is 32.2. The lowest BCUT2D eigenvalue weighted by atomic mass is 10.0. The van der Waals surface area contributed by atoms with Crippen LogP contribution in [-0.2, 0) is 16.4 Å². The van der Waals surface area contributed by atoms with Gasteiger partial charge in [0.25, 0.3) is 0 Å². The van der Waals surface area contributed by atoms with Crippen molar-refractivity contribution < 1.29 is 17.4 Å². The highest BCUT2D eigenvalue weighted by Crippen LogP contribution is 2.23. The van der Waals surface area contributed by atoms with Crippen molar-refractivity contribution in [1.82, 2.24) is 14.8 Å². The highest BCUT2D eigenvalue weighted by molar-refractivity contribution is 7.89. The van der Waals surface area contributed by atoms with Gasteiger partial charge in [-0.3, -0.25) is 0 Å². The molecule has 1 fully saturated rings. The summed E-state index contributed by atoms with van der Waals surface area (Å²) in [6, 6.07) is 8.01. The van der Waals surface area contributed by atoms with E-state index in [1.54, 1.807) is 13.8 Å². The number of furan rings is 1. The van der Waals surface area contributed by atoms with E-state index in [1.165, 1.54) is 10.9 Å². The summed E-state index contributed by atoms with van der Waals surface area (Å²) in [6.07, 6.45) is 4.34. The Morgan fingerprint density at radius 3 is 2.68 bits per heavy atom. The zero-order chi connectivity index (χ0) is 19.7. The number of hydrogen-bond acceptors (Lipinski definition) is 6.